The Labute approximate surface area is 114 Å². The molecule has 0 fully saturated rings. The molecule has 16 heavy (non-hydrogen) atoms. The van der Waals surface area contributed by atoms with Gasteiger partial charge in [0, 0.05) is 5.69 Å². The molecular formula is C6H6NNaO6S2. The molecule has 0 bridgehead atoms. The monoisotopic (exact) mass is 275 g/mol. The first kappa shape index (κ1) is 15.8. The van der Waals surface area contributed by atoms with Crippen LogP contribution < -0.4 is 35.3 Å². The Balaban J connectivity index is 0.00000225. The summed E-state index contributed by atoms with van der Waals surface area (Å²) in [6.07, 6.45) is 0. The van der Waals surface area contributed by atoms with Crippen LogP contribution in [0.2, 0.25) is 0 Å². The van der Waals surface area contributed by atoms with E-state index in [0.717, 1.165) is 12.1 Å². The first-order valence-electron chi connectivity index (χ1n) is 3.45. The third kappa shape index (κ3) is 3.70. The predicted molar refractivity (Wildman–Crippen MR) is 48.6 cm³/mol. The van der Waals surface area contributed by atoms with Crippen LogP contribution >= 0.6 is 0 Å². The summed E-state index contributed by atoms with van der Waals surface area (Å²) in [5, 5.41) is 0. The zero-order valence-electron chi connectivity index (χ0n) is 8.11. The molecule has 0 aromatic heterocycles. The van der Waals surface area contributed by atoms with E-state index in [2.05, 4.69) is 0 Å². The summed E-state index contributed by atoms with van der Waals surface area (Å²) in [6.45, 7) is 0. The van der Waals surface area contributed by atoms with Crippen LogP contribution in [0.1, 0.15) is 0 Å². The first-order valence-corrected chi connectivity index (χ1v) is 6.30. The van der Waals surface area contributed by atoms with Crippen LogP contribution in [-0.2, 0) is 20.2 Å². The SMILES string of the molecule is Nc1ccc(S(=O)(=O)O)c(S(=O)(=O)[O-])c1.[Na+]. The van der Waals surface area contributed by atoms with Gasteiger partial charge in [0.2, 0.25) is 0 Å². The molecule has 1 rings (SSSR count). The molecule has 0 saturated carbocycles. The van der Waals surface area contributed by atoms with Crippen molar-refractivity contribution < 1.29 is 55.5 Å². The van der Waals surface area contributed by atoms with Gasteiger partial charge in [0.15, 0.2) is 0 Å². The maximum absolute atomic E-state index is 10.7. The van der Waals surface area contributed by atoms with E-state index in [1.807, 2.05) is 0 Å². The molecule has 0 saturated heterocycles. The molecule has 84 valence electrons. The number of nitrogen functional groups attached to an aromatic ring is 1. The molecule has 1 aromatic carbocycles. The van der Waals surface area contributed by atoms with E-state index in [0.29, 0.717) is 6.07 Å². The van der Waals surface area contributed by atoms with Crippen molar-refractivity contribution in [1.82, 2.24) is 0 Å². The smallest absolute Gasteiger partial charge is 0.744 e. The number of nitrogens with two attached hydrogens (primary N) is 1. The normalized spacial score (nSPS) is 11.9. The summed E-state index contributed by atoms with van der Waals surface area (Å²) in [4.78, 5) is -2.04. The standard InChI is InChI=1S/C6H7NO6S2.Na/c7-4-1-2-5(14(8,9)10)6(3-4)15(11,12)13;/h1-3H,7H2,(H,8,9,10)(H,11,12,13);/q;+1/p-1. The van der Waals surface area contributed by atoms with E-state index < -0.39 is 30.0 Å². The second-order valence-electron chi connectivity index (χ2n) is 2.64. The van der Waals surface area contributed by atoms with Crippen molar-refractivity contribution in [3.63, 3.8) is 0 Å². The molecule has 0 unspecified atom stereocenters. The molecular weight excluding hydrogens is 269 g/mol. The van der Waals surface area contributed by atoms with Gasteiger partial charge in [-0.25, -0.2) is 8.42 Å². The van der Waals surface area contributed by atoms with Crippen molar-refractivity contribution in [3.05, 3.63) is 18.2 Å². The van der Waals surface area contributed by atoms with Gasteiger partial charge < -0.3 is 10.3 Å². The molecule has 1 aromatic rings. The molecule has 0 spiro atoms. The molecule has 0 atom stereocenters. The minimum atomic E-state index is -5.01. The van der Waals surface area contributed by atoms with Crippen LogP contribution in [0.5, 0.6) is 0 Å². The fourth-order valence-electron chi connectivity index (χ4n) is 0.933. The van der Waals surface area contributed by atoms with E-state index >= 15 is 0 Å². The van der Waals surface area contributed by atoms with Gasteiger partial charge in [-0.15, -0.1) is 0 Å². The molecule has 0 aliphatic carbocycles. The summed E-state index contributed by atoms with van der Waals surface area (Å²) in [6, 6.07) is 2.47. The van der Waals surface area contributed by atoms with Gasteiger partial charge in [-0.2, -0.15) is 8.42 Å². The molecule has 0 aliphatic heterocycles. The number of benzene rings is 1. The van der Waals surface area contributed by atoms with Gasteiger partial charge in [-0.1, -0.05) is 0 Å². The Morgan fingerprint density at radius 1 is 1.12 bits per heavy atom. The van der Waals surface area contributed by atoms with E-state index in [1.54, 1.807) is 0 Å². The van der Waals surface area contributed by atoms with Crippen molar-refractivity contribution in [3.8, 4) is 0 Å². The largest absolute Gasteiger partial charge is 1.00 e. The molecule has 0 radical (unpaired) electrons. The van der Waals surface area contributed by atoms with Gasteiger partial charge in [0.05, 0.1) is 4.90 Å². The third-order valence-electron chi connectivity index (χ3n) is 1.52. The summed E-state index contributed by atoms with van der Waals surface area (Å²) in [5.74, 6) is 0. The minimum Gasteiger partial charge on any atom is -0.744 e. The second-order valence-corrected chi connectivity index (χ2v) is 5.37. The second kappa shape index (κ2) is 5.00. The van der Waals surface area contributed by atoms with Gasteiger partial charge in [0.25, 0.3) is 10.1 Å². The van der Waals surface area contributed by atoms with Crippen molar-refractivity contribution in [1.29, 1.82) is 0 Å². The molecule has 0 aliphatic rings. The average molecular weight is 275 g/mol. The molecule has 3 N–H and O–H groups in total. The zero-order chi connectivity index (χ0) is 11.9. The number of anilines is 1. The Morgan fingerprint density at radius 2 is 1.62 bits per heavy atom. The quantitative estimate of drug-likeness (QED) is 0.323. The molecule has 7 nitrogen and oxygen atoms in total. The van der Waals surface area contributed by atoms with Crippen LogP contribution in [0.3, 0.4) is 0 Å². The van der Waals surface area contributed by atoms with Crippen LogP contribution in [0.15, 0.2) is 28.0 Å². The summed E-state index contributed by atoms with van der Waals surface area (Å²) in [7, 11) is -9.78. The minimum absolute atomic E-state index is 0. The van der Waals surface area contributed by atoms with E-state index in [-0.39, 0.29) is 35.2 Å². The van der Waals surface area contributed by atoms with Crippen LogP contribution in [-0.4, -0.2) is 25.9 Å². The Morgan fingerprint density at radius 3 is 2.00 bits per heavy atom. The van der Waals surface area contributed by atoms with E-state index in [1.165, 1.54) is 0 Å². The summed E-state index contributed by atoms with van der Waals surface area (Å²) in [5.41, 5.74) is 5.09. The van der Waals surface area contributed by atoms with Crippen molar-refractivity contribution in [2.75, 3.05) is 5.73 Å². The Kier molecular flexibility index (Phi) is 4.95. The van der Waals surface area contributed by atoms with Gasteiger partial charge >= 0.3 is 29.6 Å². The van der Waals surface area contributed by atoms with Gasteiger partial charge in [-0.05, 0) is 18.2 Å². The summed E-state index contributed by atoms with van der Waals surface area (Å²) < 4.78 is 62.1. The van der Waals surface area contributed by atoms with Crippen molar-refractivity contribution in [2.24, 2.45) is 0 Å². The van der Waals surface area contributed by atoms with Gasteiger partial charge in [0.1, 0.15) is 15.0 Å². The van der Waals surface area contributed by atoms with Gasteiger partial charge in [-0.3, -0.25) is 4.55 Å². The molecule has 10 heteroatoms. The van der Waals surface area contributed by atoms with Crippen LogP contribution in [0.4, 0.5) is 5.69 Å². The van der Waals surface area contributed by atoms with Crippen LogP contribution in [0.25, 0.3) is 0 Å². The number of rotatable bonds is 2. The third-order valence-corrected chi connectivity index (χ3v) is 3.43. The average Bonchev–Trinajstić information content (AvgIpc) is 2.00. The van der Waals surface area contributed by atoms with E-state index in [9.17, 15) is 21.4 Å². The Hall–Kier alpha value is -0.160. The number of hydrogen-bond donors (Lipinski definition) is 2. The van der Waals surface area contributed by atoms with Crippen molar-refractivity contribution in [2.45, 2.75) is 9.79 Å². The summed E-state index contributed by atoms with van der Waals surface area (Å²) >= 11 is 0. The first-order chi connectivity index (χ1) is 6.62. The number of hydrogen-bond acceptors (Lipinski definition) is 6. The maximum atomic E-state index is 10.7. The Bertz CT molecular complexity index is 593. The van der Waals surface area contributed by atoms with Crippen LogP contribution in [0, 0.1) is 0 Å². The molecule has 0 amide bonds. The predicted octanol–water partition coefficient (Wildman–Crippen LogP) is -3.58. The fourth-order valence-corrected chi connectivity index (χ4v) is 2.70. The van der Waals surface area contributed by atoms with Crippen molar-refractivity contribution >= 4 is 25.9 Å². The maximum Gasteiger partial charge on any atom is 1.00 e. The van der Waals surface area contributed by atoms with E-state index in [4.69, 9.17) is 10.3 Å². The fraction of sp³-hybridized carbons (Fsp3) is 0. The topological polar surface area (TPSA) is 138 Å². The zero-order valence-corrected chi connectivity index (χ0v) is 11.7. The molecule has 0 heterocycles.